The molecule has 1 heterocycles. The van der Waals surface area contributed by atoms with Crippen molar-refractivity contribution in [2.45, 2.75) is 44.9 Å². The van der Waals surface area contributed by atoms with Gasteiger partial charge in [-0.15, -0.1) is 0 Å². The smallest absolute Gasteiger partial charge is 0.261 e. The Morgan fingerprint density at radius 2 is 1.45 bits per heavy atom. The Balaban J connectivity index is 1.64. The number of rotatable bonds is 3. The fourth-order valence-corrected chi connectivity index (χ4v) is 3.41. The molecule has 0 aromatic heterocycles. The predicted octanol–water partition coefficient (Wildman–Crippen LogP) is 3.64. The number of hydrogen-bond acceptors (Lipinski definition) is 2. The van der Waals surface area contributed by atoms with Gasteiger partial charge < -0.3 is 0 Å². The van der Waals surface area contributed by atoms with E-state index in [-0.39, 0.29) is 11.8 Å². The second-order valence-corrected chi connectivity index (χ2v) is 5.95. The summed E-state index contributed by atoms with van der Waals surface area (Å²) in [6.07, 6.45) is 8.74. The number of carbonyl (C=O) groups is 2. The molecule has 0 atom stereocenters. The first-order chi connectivity index (χ1) is 9.77. The van der Waals surface area contributed by atoms with E-state index >= 15 is 0 Å². The zero-order valence-electron chi connectivity index (χ0n) is 11.8. The third-order valence-corrected chi connectivity index (χ3v) is 4.61. The molecule has 0 unspecified atom stereocenters. The molecule has 1 fully saturated rings. The molecule has 1 aliphatic heterocycles. The lowest BCUT2D eigenvalue weighted by atomic mass is 9.96. The van der Waals surface area contributed by atoms with Crippen LogP contribution in [0.4, 0.5) is 0 Å². The van der Waals surface area contributed by atoms with Crippen molar-refractivity contribution in [3.63, 3.8) is 0 Å². The van der Waals surface area contributed by atoms with Gasteiger partial charge in [0, 0.05) is 6.54 Å². The van der Waals surface area contributed by atoms with Crippen LogP contribution in [0, 0.1) is 5.92 Å². The van der Waals surface area contributed by atoms with Crippen molar-refractivity contribution in [2.24, 2.45) is 5.92 Å². The van der Waals surface area contributed by atoms with Gasteiger partial charge in [0.05, 0.1) is 11.1 Å². The van der Waals surface area contributed by atoms with E-state index in [0.29, 0.717) is 23.6 Å². The van der Waals surface area contributed by atoms with E-state index in [2.05, 4.69) is 0 Å². The van der Waals surface area contributed by atoms with E-state index in [0.717, 1.165) is 6.42 Å². The number of nitrogens with zero attached hydrogens (tertiary/aromatic N) is 1. The normalized spacial score (nSPS) is 20.1. The van der Waals surface area contributed by atoms with Crippen LogP contribution >= 0.6 is 0 Å². The maximum absolute atomic E-state index is 12.3. The maximum atomic E-state index is 12.3. The summed E-state index contributed by atoms with van der Waals surface area (Å²) in [5.41, 5.74) is 1.14. The first kappa shape index (κ1) is 13.3. The summed E-state index contributed by atoms with van der Waals surface area (Å²) in [7, 11) is 0. The van der Waals surface area contributed by atoms with Crippen LogP contribution in [0.1, 0.15) is 65.7 Å². The van der Waals surface area contributed by atoms with Gasteiger partial charge in [0.15, 0.2) is 0 Å². The average Bonchev–Trinajstić information content (AvgIpc) is 2.68. The highest BCUT2D eigenvalue weighted by molar-refractivity contribution is 6.21. The molecule has 1 aromatic rings. The molecule has 1 saturated carbocycles. The molecule has 3 heteroatoms. The van der Waals surface area contributed by atoms with Gasteiger partial charge in [-0.05, 0) is 24.5 Å². The lowest BCUT2D eigenvalue weighted by Gasteiger charge is -2.18. The Kier molecular flexibility index (Phi) is 3.86. The molecule has 0 saturated heterocycles. The maximum Gasteiger partial charge on any atom is 0.261 e. The molecule has 106 valence electrons. The third kappa shape index (κ3) is 2.49. The summed E-state index contributed by atoms with van der Waals surface area (Å²) in [5, 5.41) is 0. The van der Waals surface area contributed by atoms with Gasteiger partial charge in [-0.3, -0.25) is 14.5 Å². The van der Waals surface area contributed by atoms with Crippen LogP contribution < -0.4 is 0 Å². The summed E-state index contributed by atoms with van der Waals surface area (Å²) >= 11 is 0. The minimum absolute atomic E-state index is 0.112. The Labute approximate surface area is 120 Å². The minimum atomic E-state index is -0.112. The Morgan fingerprint density at radius 3 is 2.00 bits per heavy atom. The van der Waals surface area contributed by atoms with Crippen LogP contribution in [0.2, 0.25) is 0 Å². The highest BCUT2D eigenvalue weighted by Gasteiger charge is 2.34. The standard InChI is InChI=1S/C17H21NO2/c19-16-14-9-5-6-10-15(14)17(20)18(16)12-11-13-7-3-1-2-4-8-13/h5-6,9-10,13H,1-4,7-8,11-12H2. The van der Waals surface area contributed by atoms with E-state index in [9.17, 15) is 9.59 Å². The number of fused-ring (bicyclic) bond motifs is 1. The predicted molar refractivity (Wildman–Crippen MR) is 77.6 cm³/mol. The summed E-state index contributed by atoms with van der Waals surface area (Å²) in [6.45, 7) is 0.580. The van der Waals surface area contributed by atoms with Gasteiger partial charge in [0.1, 0.15) is 0 Å². The van der Waals surface area contributed by atoms with Gasteiger partial charge in [-0.2, -0.15) is 0 Å². The van der Waals surface area contributed by atoms with Crippen LogP contribution in [0.25, 0.3) is 0 Å². The summed E-state index contributed by atoms with van der Waals surface area (Å²) in [6, 6.07) is 7.14. The van der Waals surface area contributed by atoms with Crippen molar-refractivity contribution >= 4 is 11.8 Å². The van der Waals surface area contributed by atoms with E-state index in [1.165, 1.54) is 43.4 Å². The fraction of sp³-hybridized carbons (Fsp3) is 0.529. The molecule has 0 radical (unpaired) electrons. The molecule has 20 heavy (non-hydrogen) atoms. The number of carbonyl (C=O) groups excluding carboxylic acids is 2. The van der Waals surface area contributed by atoms with Gasteiger partial charge in [-0.25, -0.2) is 0 Å². The Bertz CT molecular complexity index is 480. The molecule has 0 bridgehead atoms. The summed E-state index contributed by atoms with van der Waals surface area (Å²) < 4.78 is 0. The summed E-state index contributed by atoms with van der Waals surface area (Å²) in [5.74, 6) is 0.459. The quantitative estimate of drug-likeness (QED) is 0.621. The zero-order chi connectivity index (χ0) is 13.9. The molecule has 2 aliphatic rings. The van der Waals surface area contributed by atoms with Crippen molar-refractivity contribution in [2.75, 3.05) is 6.54 Å². The van der Waals surface area contributed by atoms with E-state index in [4.69, 9.17) is 0 Å². The largest absolute Gasteiger partial charge is 0.274 e. The van der Waals surface area contributed by atoms with Crippen molar-refractivity contribution in [1.82, 2.24) is 4.90 Å². The molecule has 0 N–H and O–H groups in total. The van der Waals surface area contributed by atoms with E-state index < -0.39 is 0 Å². The van der Waals surface area contributed by atoms with Gasteiger partial charge in [0.25, 0.3) is 11.8 Å². The molecular formula is C17H21NO2. The highest BCUT2D eigenvalue weighted by atomic mass is 16.2. The molecular weight excluding hydrogens is 250 g/mol. The van der Waals surface area contributed by atoms with Crippen LogP contribution in [0.3, 0.4) is 0 Å². The second kappa shape index (κ2) is 5.78. The van der Waals surface area contributed by atoms with Crippen LogP contribution in [-0.2, 0) is 0 Å². The first-order valence-corrected chi connectivity index (χ1v) is 7.72. The SMILES string of the molecule is O=C1c2ccccc2C(=O)N1CCC1CCCCCC1. The third-order valence-electron chi connectivity index (χ3n) is 4.61. The topological polar surface area (TPSA) is 37.4 Å². The van der Waals surface area contributed by atoms with Crippen molar-refractivity contribution in [1.29, 1.82) is 0 Å². The molecule has 1 aromatic carbocycles. The lowest BCUT2D eigenvalue weighted by Crippen LogP contribution is -2.31. The first-order valence-electron chi connectivity index (χ1n) is 7.72. The average molecular weight is 271 g/mol. The van der Waals surface area contributed by atoms with Gasteiger partial charge in [0.2, 0.25) is 0 Å². The van der Waals surface area contributed by atoms with Crippen LogP contribution in [0.5, 0.6) is 0 Å². The van der Waals surface area contributed by atoms with E-state index in [1.807, 2.05) is 12.1 Å². The number of benzene rings is 1. The number of hydrogen-bond donors (Lipinski definition) is 0. The molecule has 0 spiro atoms. The summed E-state index contributed by atoms with van der Waals surface area (Å²) in [4.78, 5) is 25.9. The Hall–Kier alpha value is -1.64. The van der Waals surface area contributed by atoms with Crippen molar-refractivity contribution < 1.29 is 9.59 Å². The minimum Gasteiger partial charge on any atom is -0.274 e. The molecule has 2 amide bonds. The lowest BCUT2D eigenvalue weighted by molar-refractivity contribution is 0.0644. The van der Waals surface area contributed by atoms with Crippen LogP contribution in [0.15, 0.2) is 24.3 Å². The van der Waals surface area contributed by atoms with Crippen molar-refractivity contribution in [3.8, 4) is 0 Å². The Morgan fingerprint density at radius 1 is 0.900 bits per heavy atom. The monoisotopic (exact) mass is 271 g/mol. The second-order valence-electron chi connectivity index (χ2n) is 5.95. The highest BCUT2D eigenvalue weighted by Crippen LogP contribution is 2.28. The van der Waals surface area contributed by atoms with E-state index in [1.54, 1.807) is 12.1 Å². The molecule has 3 nitrogen and oxygen atoms in total. The zero-order valence-corrected chi connectivity index (χ0v) is 11.8. The van der Waals surface area contributed by atoms with Crippen LogP contribution in [-0.4, -0.2) is 23.3 Å². The van der Waals surface area contributed by atoms with Crippen molar-refractivity contribution in [3.05, 3.63) is 35.4 Å². The molecule has 1 aliphatic carbocycles. The number of amides is 2. The molecule has 3 rings (SSSR count). The van der Waals surface area contributed by atoms with Gasteiger partial charge in [-0.1, -0.05) is 50.7 Å². The number of imide groups is 1. The fourth-order valence-electron chi connectivity index (χ4n) is 3.41. The van der Waals surface area contributed by atoms with Gasteiger partial charge >= 0.3 is 0 Å².